The van der Waals surface area contributed by atoms with Gasteiger partial charge < -0.3 is 23.4 Å². The smallest absolute Gasteiger partial charge is 0.411 e. The van der Waals surface area contributed by atoms with Crippen molar-refractivity contribution in [3.05, 3.63) is 70.8 Å². The molecule has 0 saturated heterocycles. The molecule has 7 nitrogen and oxygen atoms in total. The minimum atomic E-state index is -2.27. The molecule has 1 atom stereocenters. The van der Waals surface area contributed by atoms with Crippen molar-refractivity contribution >= 4 is 14.4 Å². The number of carbonyl (C=O) groups excluding carboxylic acids is 1. The molecule has 0 aliphatic carbocycles. The second-order valence-electron chi connectivity index (χ2n) is 13.9. The summed E-state index contributed by atoms with van der Waals surface area (Å²) in [6.07, 6.45) is -0.482. The minimum Gasteiger partial charge on any atom is -0.444 e. The van der Waals surface area contributed by atoms with Gasteiger partial charge in [-0.05, 0) is 75.0 Å². The monoisotopic (exact) mass is 625 g/mol. The van der Waals surface area contributed by atoms with Crippen molar-refractivity contribution in [2.24, 2.45) is 0 Å². The lowest BCUT2D eigenvalue weighted by atomic mass is 9.99. The number of rotatable bonds is 14. The van der Waals surface area contributed by atoms with Crippen molar-refractivity contribution < 1.29 is 28.2 Å². The predicted molar refractivity (Wildman–Crippen MR) is 180 cm³/mol. The van der Waals surface area contributed by atoms with E-state index >= 15 is 0 Å². The van der Waals surface area contributed by atoms with Crippen molar-refractivity contribution in [1.29, 1.82) is 0 Å². The number of benzene rings is 2. The maximum atomic E-state index is 14.1. The predicted octanol–water partition coefficient (Wildman–Crippen LogP) is 7.68. The van der Waals surface area contributed by atoms with Gasteiger partial charge >= 0.3 is 6.09 Å². The molecule has 0 heterocycles. The van der Waals surface area contributed by atoms with Crippen molar-refractivity contribution in [1.82, 2.24) is 4.90 Å². The van der Waals surface area contributed by atoms with E-state index in [0.717, 1.165) is 11.1 Å². The third-order valence-corrected chi connectivity index (χ3v) is 12.4. The van der Waals surface area contributed by atoms with E-state index in [9.17, 15) is 4.79 Å². The Morgan fingerprint density at radius 2 is 1.55 bits per heavy atom. The Bertz CT molecular complexity index is 1240. The summed E-state index contributed by atoms with van der Waals surface area (Å²) in [5, 5.41) is -0.0497. The molecule has 0 aliphatic heterocycles. The van der Waals surface area contributed by atoms with Gasteiger partial charge in [0.2, 0.25) is 0 Å². The summed E-state index contributed by atoms with van der Waals surface area (Å²) in [5.74, 6) is 6.60. The molecule has 0 N–H and O–H groups in total. The highest BCUT2D eigenvalue weighted by Crippen LogP contribution is 2.38. The van der Waals surface area contributed by atoms with Crippen molar-refractivity contribution in [3.8, 4) is 11.8 Å². The summed E-state index contributed by atoms with van der Waals surface area (Å²) in [7, 11) is -0.634. The van der Waals surface area contributed by atoms with Crippen LogP contribution in [-0.2, 0) is 36.5 Å². The topological polar surface area (TPSA) is 66.5 Å². The van der Waals surface area contributed by atoms with Gasteiger partial charge in [-0.25, -0.2) is 4.79 Å². The number of methoxy groups -OCH3 is 1. The molecule has 0 fully saturated rings. The van der Waals surface area contributed by atoms with E-state index in [1.807, 2.05) is 51.1 Å². The van der Waals surface area contributed by atoms with Gasteiger partial charge in [0.05, 0.1) is 39.6 Å². The first-order chi connectivity index (χ1) is 20.5. The number of aryl methyl sites for hydroxylation is 2. The Morgan fingerprint density at radius 3 is 2.14 bits per heavy atom. The van der Waals surface area contributed by atoms with Crippen LogP contribution in [0.2, 0.25) is 18.1 Å². The zero-order chi connectivity index (χ0) is 33.0. The maximum absolute atomic E-state index is 14.1. The van der Waals surface area contributed by atoms with E-state index in [4.69, 9.17) is 23.4 Å². The largest absolute Gasteiger partial charge is 0.444 e. The fraction of sp³-hybridized carbons (Fsp3) is 0.583. The molecule has 8 heteroatoms. The summed E-state index contributed by atoms with van der Waals surface area (Å²) < 4.78 is 30.1. The van der Waals surface area contributed by atoms with Crippen molar-refractivity contribution in [2.75, 3.05) is 40.1 Å². The highest BCUT2D eigenvalue weighted by atomic mass is 28.4. The molecule has 0 aromatic heterocycles. The van der Waals surface area contributed by atoms with Gasteiger partial charge in [0.1, 0.15) is 12.2 Å². The molecule has 0 radical (unpaired) electrons. The van der Waals surface area contributed by atoms with Crippen LogP contribution < -0.4 is 0 Å². The van der Waals surface area contributed by atoms with Gasteiger partial charge in [0, 0.05) is 7.11 Å². The SMILES string of the molecule is COCCOCC#C[C@](COCc1ccc(C)c(C)c1)(CO[Si](C)(C)C(C)(C)C)N(Cc1ccccc1)C(=O)OC(C)(C)C. The number of ether oxygens (including phenoxy) is 4. The van der Waals surface area contributed by atoms with Crippen molar-refractivity contribution in [3.63, 3.8) is 0 Å². The summed E-state index contributed by atoms with van der Waals surface area (Å²) in [5.41, 5.74) is 2.54. The van der Waals surface area contributed by atoms with Crippen molar-refractivity contribution in [2.45, 2.75) is 97.8 Å². The van der Waals surface area contributed by atoms with Gasteiger partial charge in [0.25, 0.3) is 0 Å². The van der Waals surface area contributed by atoms with E-state index < -0.39 is 25.6 Å². The molecule has 0 saturated carbocycles. The van der Waals surface area contributed by atoms with Gasteiger partial charge in [-0.1, -0.05) is 81.1 Å². The first kappa shape index (κ1) is 37.5. The number of nitrogens with zero attached hydrogens (tertiary/aromatic N) is 1. The van der Waals surface area contributed by atoms with Crippen LogP contribution in [0.3, 0.4) is 0 Å². The third kappa shape index (κ3) is 12.0. The van der Waals surface area contributed by atoms with Gasteiger partial charge in [-0.15, -0.1) is 0 Å². The first-order valence-electron chi connectivity index (χ1n) is 15.4. The Labute approximate surface area is 267 Å². The summed E-state index contributed by atoms with van der Waals surface area (Å²) in [4.78, 5) is 15.8. The van der Waals surface area contributed by atoms with Gasteiger partial charge in [-0.2, -0.15) is 0 Å². The molecule has 44 heavy (non-hydrogen) atoms. The molecular weight excluding hydrogens is 570 g/mol. The lowest BCUT2D eigenvalue weighted by Gasteiger charge is -2.44. The molecule has 0 aliphatic rings. The Morgan fingerprint density at radius 1 is 0.864 bits per heavy atom. The van der Waals surface area contributed by atoms with Crippen LogP contribution >= 0.6 is 0 Å². The average Bonchev–Trinajstić information content (AvgIpc) is 2.93. The van der Waals surface area contributed by atoms with E-state index in [-0.39, 0.29) is 31.4 Å². The average molecular weight is 626 g/mol. The van der Waals surface area contributed by atoms with E-state index in [0.29, 0.717) is 19.8 Å². The molecule has 244 valence electrons. The summed E-state index contributed by atoms with van der Waals surface area (Å²) >= 11 is 0. The van der Waals surface area contributed by atoms with Crippen LogP contribution in [-0.4, -0.2) is 70.6 Å². The second kappa shape index (κ2) is 16.6. The third-order valence-electron chi connectivity index (χ3n) is 7.90. The van der Waals surface area contributed by atoms with E-state index in [2.05, 4.69) is 77.8 Å². The van der Waals surface area contributed by atoms with E-state index in [1.54, 1.807) is 12.0 Å². The molecule has 1 amide bonds. The lowest BCUT2D eigenvalue weighted by Crippen LogP contribution is -2.59. The van der Waals surface area contributed by atoms with Gasteiger partial charge in [0.15, 0.2) is 13.9 Å². The normalized spacial score (nSPS) is 13.5. The first-order valence-corrected chi connectivity index (χ1v) is 18.3. The zero-order valence-electron chi connectivity index (χ0n) is 29.0. The van der Waals surface area contributed by atoms with Crippen LogP contribution in [0.5, 0.6) is 0 Å². The number of carbonyl (C=O) groups is 1. The molecule has 0 bridgehead atoms. The number of amides is 1. The molecule has 0 unspecified atom stereocenters. The van der Waals surface area contributed by atoms with Crippen LogP contribution in [0.4, 0.5) is 4.79 Å². The zero-order valence-corrected chi connectivity index (χ0v) is 30.0. The minimum absolute atomic E-state index is 0.0497. The second-order valence-corrected chi connectivity index (χ2v) is 18.7. The maximum Gasteiger partial charge on any atom is 0.411 e. The van der Waals surface area contributed by atoms with Gasteiger partial charge in [-0.3, -0.25) is 4.90 Å². The Kier molecular flexibility index (Phi) is 14.1. The van der Waals surface area contributed by atoms with Crippen LogP contribution in [0.15, 0.2) is 48.5 Å². The van der Waals surface area contributed by atoms with Crippen LogP contribution in [0, 0.1) is 25.7 Å². The quantitative estimate of drug-likeness (QED) is 0.122. The standard InChI is InChI=1S/C36H55NO6Si/c1-29-18-19-32(24-30(29)2)26-41-27-36(20-15-21-40-23-22-39-9,28-42-44(10,11)35(6,7)8)37(33(38)43-34(3,4)5)25-31-16-13-12-14-17-31/h12-14,16-19,24H,21-23,25-28H2,1-11H3/t36-/m0/s1. The Balaban J connectivity index is 2.63. The summed E-state index contributed by atoms with van der Waals surface area (Å²) in [6.45, 7) is 22.7. The molecule has 0 spiro atoms. The van der Waals surface area contributed by atoms with E-state index in [1.165, 1.54) is 11.1 Å². The molecular formula is C36H55NO6Si. The van der Waals surface area contributed by atoms with Crippen LogP contribution in [0.25, 0.3) is 0 Å². The van der Waals surface area contributed by atoms with Crippen LogP contribution in [0.1, 0.15) is 63.8 Å². The number of hydrogen-bond acceptors (Lipinski definition) is 6. The highest BCUT2D eigenvalue weighted by molar-refractivity contribution is 6.74. The number of hydrogen-bond donors (Lipinski definition) is 0. The molecule has 2 rings (SSSR count). The summed E-state index contributed by atoms with van der Waals surface area (Å²) in [6, 6.07) is 16.2. The fourth-order valence-corrected chi connectivity index (χ4v) is 5.06. The molecule has 2 aromatic carbocycles. The fourth-order valence-electron chi connectivity index (χ4n) is 4.02. The lowest BCUT2D eigenvalue weighted by molar-refractivity contribution is -0.0360. The molecule has 2 aromatic rings. The highest BCUT2D eigenvalue weighted by Gasteiger charge is 2.45. The Hall–Kier alpha value is -2.67.